The Morgan fingerprint density at radius 2 is 1.31 bits per heavy atom. The van der Waals surface area contributed by atoms with Crippen molar-refractivity contribution in [1.82, 2.24) is 4.31 Å². The number of sulfonamides is 1. The van der Waals surface area contributed by atoms with Crippen LogP contribution in [0.5, 0.6) is 0 Å². The molecule has 0 aliphatic carbocycles. The largest absolute Gasteiger partial charge is 0.388 e. The van der Waals surface area contributed by atoms with Gasteiger partial charge in [-0.25, -0.2) is 8.42 Å². The topological polar surface area (TPSA) is 83.9 Å². The van der Waals surface area contributed by atoms with Gasteiger partial charge in [0.25, 0.3) is 0 Å². The van der Waals surface area contributed by atoms with Crippen molar-refractivity contribution in [2.45, 2.75) is 43.2 Å². The smallest absolute Gasteiger partial charge is 0.245 e. The number of ether oxygens (including phenoxy) is 1. The molecule has 0 saturated carbocycles. The molecule has 1 aliphatic rings. The second-order valence-electron chi connectivity index (χ2n) is 9.91. The lowest BCUT2D eigenvalue weighted by atomic mass is 10.0. The fourth-order valence-corrected chi connectivity index (χ4v) is 9.66. The van der Waals surface area contributed by atoms with Crippen LogP contribution >= 0.6 is 7.14 Å². The van der Waals surface area contributed by atoms with E-state index in [0.717, 1.165) is 11.1 Å². The zero-order valence-electron chi connectivity index (χ0n) is 21.9. The molecule has 4 aromatic rings. The molecule has 39 heavy (non-hydrogen) atoms. The minimum absolute atomic E-state index is 0.115. The number of benzene rings is 4. The van der Waals surface area contributed by atoms with Crippen molar-refractivity contribution in [2.75, 3.05) is 6.16 Å². The Morgan fingerprint density at radius 1 is 0.821 bits per heavy atom. The van der Waals surface area contributed by atoms with Gasteiger partial charge in [0.05, 0.1) is 10.9 Å². The van der Waals surface area contributed by atoms with Crippen LogP contribution in [0, 0.1) is 6.92 Å². The summed E-state index contributed by atoms with van der Waals surface area (Å²) < 4.78 is 50.3. The number of hydrogen-bond donors (Lipinski definition) is 1. The molecule has 202 valence electrons. The van der Waals surface area contributed by atoms with Crippen LogP contribution in [0.1, 0.15) is 24.2 Å². The highest BCUT2D eigenvalue weighted by Gasteiger charge is 2.51. The molecular weight excluding hydrogens is 529 g/mol. The lowest BCUT2D eigenvalue weighted by Crippen LogP contribution is -2.48. The van der Waals surface area contributed by atoms with E-state index in [-0.39, 0.29) is 11.1 Å². The van der Waals surface area contributed by atoms with Crippen molar-refractivity contribution in [3.05, 3.63) is 126 Å². The Bertz CT molecular complexity index is 1500. The van der Waals surface area contributed by atoms with Gasteiger partial charge in [0.2, 0.25) is 10.0 Å². The van der Waals surface area contributed by atoms with Crippen LogP contribution in [0.15, 0.2) is 120 Å². The summed E-state index contributed by atoms with van der Waals surface area (Å²) in [6.45, 7) is 3.67. The van der Waals surface area contributed by atoms with Gasteiger partial charge in [0.15, 0.2) is 6.23 Å². The number of aliphatic hydroxyl groups is 1. The summed E-state index contributed by atoms with van der Waals surface area (Å²) in [7, 11) is -7.42. The summed E-state index contributed by atoms with van der Waals surface area (Å²) >= 11 is 0. The number of aliphatic hydroxyl groups excluding tert-OH is 1. The molecule has 5 rings (SSSR count). The van der Waals surface area contributed by atoms with Crippen LogP contribution in [0.2, 0.25) is 0 Å². The highest BCUT2D eigenvalue weighted by molar-refractivity contribution is 7.89. The summed E-state index contributed by atoms with van der Waals surface area (Å²) in [6, 6.07) is 33.4. The average Bonchev–Trinajstić information content (AvgIpc) is 3.32. The van der Waals surface area contributed by atoms with Crippen molar-refractivity contribution < 1.29 is 22.8 Å². The molecule has 0 spiro atoms. The van der Waals surface area contributed by atoms with Gasteiger partial charge in [-0.3, -0.25) is 0 Å². The Labute approximate surface area is 230 Å². The summed E-state index contributed by atoms with van der Waals surface area (Å²) in [5.74, 6) is 0. The average molecular weight is 562 g/mol. The molecule has 4 aromatic carbocycles. The Balaban J connectivity index is 1.57. The van der Waals surface area contributed by atoms with E-state index in [9.17, 15) is 18.1 Å². The van der Waals surface area contributed by atoms with E-state index in [1.807, 2.05) is 73.7 Å². The van der Waals surface area contributed by atoms with Gasteiger partial charge in [-0.15, -0.1) is 0 Å². The van der Waals surface area contributed by atoms with Crippen molar-refractivity contribution >= 4 is 27.8 Å². The molecule has 1 saturated heterocycles. The van der Waals surface area contributed by atoms with Crippen molar-refractivity contribution in [3.63, 3.8) is 0 Å². The van der Waals surface area contributed by atoms with Gasteiger partial charge < -0.3 is 14.4 Å². The number of rotatable bonds is 8. The minimum atomic E-state index is -4.07. The molecule has 1 aliphatic heterocycles. The van der Waals surface area contributed by atoms with Crippen LogP contribution in [0.4, 0.5) is 0 Å². The van der Waals surface area contributed by atoms with E-state index in [4.69, 9.17) is 4.74 Å². The van der Waals surface area contributed by atoms with Gasteiger partial charge in [0, 0.05) is 16.8 Å². The Hall–Kier alpha value is -3.06. The second kappa shape index (κ2) is 11.2. The van der Waals surface area contributed by atoms with Gasteiger partial charge in [0.1, 0.15) is 19.3 Å². The SMILES string of the molecule is Cc1ccc(S(=O)(=O)N2[C@@H](C)[C@@H](c3ccccc3)O[C@H]2[C@@H](O)CP(=O)(c2ccccc2)c2ccccc2)cc1. The van der Waals surface area contributed by atoms with Crippen LogP contribution in [-0.2, 0) is 19.3 Å². The van der Waals surface area contributed by atoms with Gasteiger partial charge in [-0.2, -0.15) is 4.31 Å². The van der Waals surface area contributed by atoms with E-state index >= 15 is 0 Å². The normalized spacial score (nSPS) is 21.1. The maximum absolute atomic E-state index is 14.7. The van der Waals surface area contributed by atoms with E-state index in [1.165, 1.54) is 4.31 Å². The first-order chi connectivity index (χ1) is 18.7. The van der Waals surface area contributed by atoms with Crippen molar-refractivity contribution in [1.29, 1.82) is 0 Å². The molecule has 6 nitrogen and oxygen atoms in total. The molecule has 0 radical (unpaired) electrons. The highest BCUT2D eigenvalue weighted by Crippen LogP contribution is 2.47. The summed E-state index contributed by atoms with van der Waals surface area (Å²) in [6.07, 6.45) is -3.40. The minimum Gasteiger partial charge on any atom is -0.388 e. The number of hydrogen-bond acceptors (Lipinski definition) is 5. The molecule has 0 unspecified atom stereocenters. The zero-order valence-corrected chi connectivity index (χ0v) is 23.6. The van der Waals surface area contributed by atoms with E-state index in [2.05, 4.69) is 0 Å². The third kappa shape index (κ3) is 5.38. The van der Waals surface area contributed by atoms with Crippen LogP contribution in [0.3, 0.4) is 0 Å². The molecule has 4 atom stereocenters. The first-order valence-corrected chi connectivity index (χ1v) is 16.2. The Morgan fingerprint density at radius 3 is 1.82 bits per heavy atom. The maximum Gasteiger partial charge on any atom is 0.245 e. The fourth-order valence-electron chi connectivity index (χ4n) is 5.19. The van der Waals surface area contributed by atoms with Crippen molar-refractivity contribution in [2.24, 2.45) is 0 Å². The summed E-state index contributed by atoms with van der Waals surface area (Å²) in [5.41, 5.74) is 1.74. The summed E-state index contributed by atoms with van der Waals surface area (Å²) in [5, 5.41) is 12.9. The quantitative estimate of drug-likeness (QED) is 0.311. The second-order valence-corrected chi connectivity index (χ2v) is 14.6. The predicted molar refractivity (Wildman–Crippen MR) is 154 cm³/mol. The zero-order chi connectivity index (χ0) is 27.6. The third-order valence-corrected chi connectivity index (χ3v) is 12.3. The Kier molecular flexibility index (Phi) is 7.90. The number of nitrogens with zero attached hydrogens (tertiary/aromatic N) is 1. The highest BCUT2D eigenvalue weighted by atomic mass is 32.2. The van der Waals surface area contributed by atoms with Crippen LogP contribution < -0.4 is 10.6 Å². The fraction of sp³-hybridized carbons (Fsp3) is 0.226. The molecule has 1 fully saturated rings. The number of aryl methyl sites for hydroxylation is 1. The first kappa shape index (κ1) is 27.5. The lowest BCUT2D eigenvalue weighted by Gasteiger charge is -2.31. The molecule has 0 amide bonds. The van der Waals surface area contributed by atoms with Gasteiger partial charge in [-0.1, -0.05) is 109 Å². The molecular formula is C31H32NO5PS. The van der Waals surface area contributed by atoms with Gasteiger partial charge in [-0.05, 0) is 31.5 Å². The molecule has 1 N–H and O–H groups in total. The van der Waals surface area contributed by atoms with E-state index in [1.54, 1.807) is 55.5 Å². The first-order valence-electron chi connectivity index (χ1n) is 12.9. The van der Waals surface area contributed by atoms with Crippen LogP contribution in [-0.4, -0.2) is 42.4 Å². The van der Waals surface area contributed by atoms with E-state index in [0.29, 0.717) is 10.6 Å². The third-order valence-electron chi connectivity index (χ3n) is 7.22. The molecule has 1 heterocycles. The van der Waals surface area contributed by atoms with Gasteiger partial charge >= 0.3 is 0 Å². The molecule has 0 bridgehead atoms. The van der Waals surface area contributed by atoms with E-state index < -0.39 is 41.6 Å². The summed E-state index contributed by atoms with van der Waals surface area (Å²) in [4.78, 5) is 0.115. The standard InChI is InChI=1S/C31H32NO5PS/c1-23-18-20-28(21-19-23)39(35,36)32-24(2)30(25-12-6-3-7-13-25)37-31(32)29(33)22-38(34,26-14-8-4-9-15-26)27-16-10-5-11-17-27/h3-21,24,29-31,33H,22H2,1-2H3/t24-,29-,30-,31-/m0/s1. The maximum atomic E-state index is 14.7. The molecule has 8 heteroatoms. The monoisotopic (exact) mass is 561 g/mol. The van der Waals surface area contributed by atoms with Crippen molar-refractivity contribution in [3.8, 4) is 0 Å². The predicted octanol–water partition coefficient (Wildman–Crippen LogP) is 4.85. The lowest BCUT2D eigenvalue weighted by molar-refractivity contribution is -0.0532. The van der Waals surface area contributed by atoms with Crippen LogP contribution in [0.25, 0.3) is 0 Å². The molecule has 0 aromatic heterocycles.